The number of hydrogen-bond acceptors (Lipinski definition) is 3. The molecule has 0 aliphatic heterocycles. The van der Waals surface area contributed by atoms with Gasteiger partial charge in [0.25, 0.3) is 5.91 Å². The zero-order valence-corrected chi connectivity index (χ0v) is 11.7. The van der Waals surface area contributed by atoms with Crippen LogP contribution >= 0.6 is 11.3 Å². The molecular formula is C15H14N2OS. The maximum atomic E-state index is 12.4. The lowest BCUT2D eigenvalue weighted by atomic mass is 10.1. The number of carbonyl (C=O) groups is 1. The molecular weight excluding hydrogens is 256 g/mol. The average Bonchev–Trinajstić information content (AvgIpc) is 2.94. The van der Waals surface area contributed by atoms with Gasteiger partial charge in [-0.2, -0.15) is 5.26 Å². The van der Waals surface area contributed by atoms with Gasteiger partial charge in [0, 0.05) is 12.7 Å². The van der Waals surface area contributed by atoms with E-state index in [2.05, 4.69) is 6.07 Å². The minimum absolute atomic E-state index is 0.00319. The number of thiophene rings is 1. The van der Waals surface area contributed by atoms with E-state index in [1.165, 1.54) is 11.3 Å². The predicted octanol–water partition coefficient (Wildman–Crippen LogP) is 3.46. The molecule has 0 unspecified atom stereocenters. The van der Waals surface area contributed by atoms with Gasteiger partial charge in [-0.25, -0.2) is 0 Å². The number of aryl methyl sites for hydroxylation is 1. The van der Waals surface area contributed by atoms with E-state index in [4.69, 9.17) is 5.26 Å². The maximum absolute atomic E-state index is 12.4. The Bertz CT molecular complexity index is 622. The molecule has 3 nitrogen and oxygen atoms in total. The Hall–Kier alpha value is -2.12. The van der Waals surface area contributed by atoms with Gasteiger partial charge in [0.1, 0.15) is 0 Å². The van der Waals surface area contributed by atoms with Crippen LogP contribution in [-0.2, 0) is 6.42 Å². The summed E-state index contributed by atoms with van der Waals surface area (Å²) in [5, 5.41) is 10.7. The molecule has 0 spiro atoms. The number of nitriles is 1. The summed E-state index contributed by atoms with van der Waals surface area (Å²) in [5.74, 6) is -0.00319. The topological polar surface area (TPSA) is 44.1 Å². The number of anilines is 1. The van der Waals surface area contributed by atoms with E-state index in [1.54, 1.807) is 36.2 Å². The van der Waals surface area contributed by atoms with Gasteiger partial charge in [0.15, 0.2) is 0 Å². The zero-order chi connectivity index (χ0) is 13.8. The van der Waals surface area contributed by atoms with Gasteiger partial charge in [-0.3, -0.25) is 4.79 Å². The predicted molar refractivity (Wildman–Crippen MR) is 77.6 cm³/mol. The van der Waals surface area contributed by atoms with Crippen LogP contribution in [0.25, 0.3) is 0 Å². The molecule has 1 aromatic heterocycles. The summed E-state index contributed by atoms with van der Waals surface area (Å²) in [7, 11) is 1.75. The number of nitrogens with zero attached hydrogens (tertiary/aromatic N) is 2. The van der Waals surface area contributed by atoms with Crippen molar-refractivity contribution in [3.63, 3.8) is 0 Å². The Kier molecular flexibility index (Phi) is 3.98. The van der Waals surface area contributed by atoms with E-state index in [9.17, 15) is 4.79 Å². The van der Waals surface area contributed by atoms with Crippen molar-refractivity contribution in [1.29, 1.82) is 5.26 Å². The van der Waals surface area contributed by atoms with Crippen molar-refractivity contribution in [2.75, 3.05) is 11.9 Å². The molecule has 0 N–H and O–H groups in total. The summed E-state index contributed by atoms with van der Waals surface area (Å²) in [6.07, 6.45) is 0.853. The van der Waals surface area contributed by atoms with Gasteiger partial charge in [0.05, 0.1) is 16.5 Å². The van der Waals surface area contributed by atoms with Crippen molar-refractivity contribution in [3.8, 4) is 6.07 Å². The van der Waals surface area contributed by atoms with Gasteiger partial charge in [0.2, 0.25) is 0 Å². The van der Waals surface area contributed by atoms with Gasteiger partial charge in [-0.05, 0) is 47.7 Å². The maximum Gasteiger partial charge on any atom is 0.268 e. The van der Waals surface area contributed by atoms with E-state index < -0.39 is 0 Å². The monoisotopic (exact) mass is 270 g/mol. The van der Waals surface area contributed by atoms with E-state index in [0.717, 1.165) is 22.5 Å². The highest BCUT2D eigenvalue weighted by Crippen LogP contribution is 2.22. The van der Waals surface area contributed by atoms with Crippen LogP contribution in [0.15, 0.2) is 35.7 Å². The largest absolute Gasteiger partial charge is 0.311 e. The Morgan fingerprint density at radius 1 is 1.32 bits per heavy atom. The van der Waals surface area contributed by atoms with Crippen LogP contribution < -0.4 is 4.90 Å². The minimum Gasteiger partial charge on any atom is -0.311 e. The lowest BCUT2D eigenvalue weighted by Gasteiger charge is -2.17. The molecule has 1 amide bonds. The number of amides is 1. The molecule has 4 heteroatoms. The third kappa shape index (κ3) is 2.67. The highest BCUT2D eigenvalue weighted by atomic mass is 32.1. The Balaban J connectivity index is 2.26. The molecule has 1 aromatic carbocycles. The van der Waals surface area contributed by atoms with Gasteiger partial charge in [-0.15, -0.1) is 11.3 Å². The van der Waals surface area contributed by atoms with Crippen molar-refractivity contribution in [2.45, 2.75) is 13.3 Å². The fourth-order valence-corrected chi connectivity index (χ4v) is 2.80. The summed E-state index contributed by atoms with van der Waals surface area (Å²) in [4.78, 5) is 14.8. The molecule has 96 valence electrons. The van der Waals surface area contributed by atoms with Crippen LogP contribution in [-0.4, -0.2) is 13.0 Å². The summed E-state index contributed by atoms with van der Waals surface area (Å²) >= 11 is 1.47. The van der Waals surface area contributed by atoms with Crippen LogP contribution in [0.2, 0.25) is 0 Å². The fraction of sp³-hybridized carbons (Fsp3) is 0.200. The molecule has 0 atom stereocenters. The quantitative estimate of drug-likeness (QED) is 0.857. The molecule has 0 bridgehead atoms. The van der Waals surface area contributed by atoms with E-state index in [-0.39, 0.29) is 5.91 Å². The second-order valence-electron chi connectivity index (χ2n) is 4.15. The minimum atomic E-state index is -0.00319. The molecule has 0 aliphatic rings. The normalized spacial score (nSPS) is 9.95. The van der Waals surface area contributed by atoms with E-state index in [0.29, 0.717) is 5.56 Å². The van der Waals surface area contributed by atoms with Crippen molar-refractivity contribution in [1.82, 2.24) is 0 Å². The van der Waals surface area contributed by atoms with Gasteiger partial charge < -0.3 is 4.90 Å². The third-order valence-corrected chi connectivity index (χ3v) is 3.95. The summed E-state index contributed by atoms with van der Waals surface area (Å²) < 4.78 is 0. The Morgan fingerprint density at radius 2 is 2.00 bits per heavy atom. The number of benzene rings is 1. The highest BCUT2D eigenvalue weighted by Gasteiger charge is 2.17. The van der Waals surface area contributed by atoms with Crippen LogP contribution in [0, 0.1) is 11.3 Å². The summed E-state index contributed by atoms with van der Waals surface area (Å²) in [5.41, 5.74) is 2.46. The number of rotatable bonds is 3. The average molecular weight is 270 g/mol. The lowest BCUT2D eigenvalue weighted by Crippen LogP contribution is -2.26. The highest BCUT2D eigenvalue weighted by molar-refractivity contribution is 7.12. The smallest absolute Gasteiger partial charge is 0.268 e. The van der Waals surface area contributed by atoms with Crippen LogP contribution in [0.5, 0.6) is 0 Å². The fourth-order valence-electron chi connectivity index (χ4n) is 1.83. The Morgan fingerprint density at radius 3 is 2.58 bits per heavy atom. The summed E-state index contributed by atoms with van der Waals surface area (Å²) in [6.45, 7) is 2.04. The first kappa shape index (κ1) is 13.3. The van der Waals surface area contributed by atoms with Gasteiger partial charge in [-0.1, -0.05) is 6.92 Å². The number of carbonyl (C=O) groups excluding carboxylic acids is 1. The molecule has 0 saturated carbocycles. The van der Waals surface area contributed by atoms with Crippen LogP contribution in [0.1, 0.15) is 27.7 Å². The summed E-state index contributed by atoms with van der Waals surface area (Å²) in [6, 6.07) is 11.1. The zero-order valence-electron chi connectivity index (χ0n) is 10.9. The molecule has 0 radical (unpaired) electrons. The van der Waals surface area contributed by atoms with Crippen molar-refractivity contribution in [3.05, 3.63) is 51.7 Å². The first-order valence-corrected chi connectivity index (χ1v) is 6.90. The molecule has 0 fully saturated rings. The van der Waals surface area contributed by atoms with Crippen molar-refractivity contribution >= 4 is 22.9 Å². The standard InChI is InChI=1S/C15H14N2OS/c1-3-12-8-9-19-14(12)15(18)17(2)13-6-4-11(10-16)5-7-13/h4-9H,3H2,1-2H3. The molecule has 0 saturated heterocycles. The van der Waals surface area contributed by atoms with Gasteiger partial charge >= 0.3 is 0 Å². The van der Waals surface area contributed by atoms with E-state index in [1.807, 2.05) is 18.4 Å². The third-order valence-electron chi connectivity index (χ3n) is 3.01. The Labute approximate surface area is 116 Å². The van der Waals surface area contributed by atoms with E-state index >= 15 is 0 Å². The second-order valence-corrected chi connectivity index (χ2v) is 5.07. The molecule has 1 heterocycles. The van der Waals surface area contributed by atoms with Crippen LogP contribution in [0.3, 0.4) is 0 Å². The van der Waals surface area contributed by atoms with Crippen molar-refractivity contribution < 1.29 is 4.79 Å². The van der Waals surface area contributed by atoms with Crippen LogP contribution in [0.4, 0.5) is 5.69 Å². The number of hydrogen-bond donors (Lipinski definition) is 0. The molecule has 19 heavy (non-hydrogen) atoms. The van der Waals surface area contributed by atoms with Crippen molar-refractivity contribution in [2.24, 2.45) is 0 Å². The SMILES string of the molecule is CCc1ccsc1C(=O)N(C)c1ccc(C#N)cc1. The molecule has 0 aliphatic carbocycles. The first-order chi connectivity index (χ1) is 9.17. The molecule has 2 aromatic rings. The molecule has 2 rings (SSSR count). The first-order valence-electron chi connectivity index (χ1n) is 6.02. The second kappa shape index (κ2) is 5.68. The lowest BCUT2D eigenvalue weighted by molar-refractivity contribution is 0.0996.